The Morgan fingerprint density at radius 1 is 1.27 bits per heavy atom. The van der Waals surface area contributed by atoms with Crippen LogP contribution in [0.15, 0.2) is 42.5 Å². The molecule has 0 saturated carbocycles. The molecule has 0 spiro atoms. The van der Waals surface area contributed by atoms with Crippen LogP contribution in [-0.2, 0) is 17.8 Å². The number of aliphatic hydroxyl groups is 1. The molecule has 3 rings (SSSR count). The van der Waals surface area contributed by atoms with Gasteiger partial charge in [-0.1, -0.05) is 12.1 Å². The Morgan fingerprint density at radius 2 is 2.00 bits per heavy atom. The first-order chi connectivity index (χ1) is 12.5. The van der Waals surface area contributed by atoms with Crippen molar-refractivity contribution < 1.29 is 23.8 Å². The summed E-state index contributed by atoms with van der Waals surface area (Å²) in [4.78, 5) is 25.3. The number of nitrogens with zero attached hydrogens (tertiary/aromatic N) is 1. The van der Waals surface area contributed by atoms with Crippen LogP contribution in [0.2, 0.25) is 0 Å². The molecule has 2 amide bonds. The number of hydrogen-bond acceptors (Lipinski definition) is 4. The van der Waals surface area contributed by atoms with Gasteiger partial charge in [-0.25, -0.2) is 4.39 Å². The minimum absolute atomic E-state index is 0.285. The van der Waals surface area contributed by atoms with Crippen molar-refractivity contribution in [2.24, 2.45) is 5.73 Å². The molecule has 1 atom stereocenters. The molecule has 26 heavy (non-hydrogen) atoms. The molecule has 0 aliphatic carbocycles. The second-order valence-electron chi connectivity index (χ2n) is 6.08. The molecular formula is C19H19FN2O4. The number of nitrogens with two attached hydrogens (primary N) is 1. The fourth-order valence-corrected chi connectivity index (χ4v) is 2.96. The lowest BCUT2D eigenvalue weighted by molar-refractivity contribution is -0.123. The van der Waals surface area contributed by atoms with Crippen LogP contribution in [0, 0.1) is 5.82 Å². The molecule has 6 nitrogen and oxygen atoms in total. The number of aliphatic hydroxyl groups excluding tert-OH is 1. The van der Waals surface area contributed by atoms with Crippen LogP contribution in [0.3, 0.4) is 0 Å². The predicted octanol–water partition coefficient (Wildman–Crippen LogP) is 1.25. The van der Waals surface area contributed by atoms with Crippen molar-refractivity contribution in [3.63, 3.8) is 0 Å². The number of primary amides is 1. The zero-order chi connectivity index (χ0) is 18.7. The quantitative estimate of drug-likeness (QED) is 0.813. The minimum atomic E-state index is -1.02. The highest BCUT2D eigenvalue weighted by Crippen LogP contribution is 2.25. The van der Waals surface area contributed by atoms with E-state index in [1.165, 1.54) is 17.0 Å². The summed E-state index contributed by atoms with van der Waals surface area (Å²) in [6.45, 7) is 0.0735. The summed E-state index contributed by atoms with van der Waals surface area (Å²) in [5.41, 5.74) is 7.36. The lowest BCUT2D eigenvalue weighted by Crippen LogP contribution is -2.52. The van der Waals surface area contributed by atoms with E-state index in [0.29, 0.717) is 24.3 Å². The first kappa shape index (κ1) is 17.9. The van der Waals surface area contributed by atoms with Gasteiger partial charge in [-0.3, -0.25) is 9.59 Å². The van der Waals surface area contributed by atoms with E-state index in [2.05, 4.69) is 0 Å². The fraction of sp³-hybridized carbons (Fsp3) is 0.263. The highest BCUT2D eigenvalue weighted by molar-refractivity contribution is 5.99. The minimum Gasteiger partial charge on any atom is -0.489 e. The molecule has 0 radical (unpaired) electrons. The summed E-state index contributed by atoms with van der Waals surface area (Å²) in [6, 6.07) is 10.1. The molecule has 1 heterocycles. The van der Waals surface area contributed by atoms with Crippen LogP contribution in [0.25, 0.3) is 0 Å². The summed E-state index contributed by atoms with van der Waals surface area (Å²) in [6.07, 6.45) is 0.526. The third-order valence-electron chi connectivity index (χ3n) is 4.39. The molecule has 7 heteroatoms. The zero-order valence-electron chi connectivity index (χ0n) is 14.0. The first-order valence-corrected chi connectivity index (χ1v) is 8.21. The highest BCUT2D eigenvalue weighted by Gasteiger charge is 2.32. The smallest absolute Gasteiger partial charge is 0.254 e. The third-order valence-corrected chi connectivity index (χ3v) is 4.39. The molecule has 0 unspecified atom stereocenters. The topological polar surface area (TPSA) is 92.9 Å². The number of ether oxygens (including phenoxy) is 1. The number of carbonyl (C=O) groups is 2. The second-order valence-corrected chi connectivity index (χ2v) is 6.08. The van der Waals surface area contributed by atoms with Crippen LogP contribution < -0.4 is 10.5 Å². The highest BCUT2D eigenvalue weighted by atomic mass is 19.1. The van der Waals surface area contributed by atoms with E-state index in [1.54, 1.807) is 30.3 Å². The summed E-state index contributed by atoms with van der Waals surface area (Å²) >= 11 is 0. The lowest BCUT2D eigenvalue weighted by Gasteiger charge is -2.33. The molecule has 3 N–H and O–H groups in total. The number of carbonyl (C=O) groups excluding carboxylic acids is 2. The van der Waals surface area contributed by atoms with E-state index in [4.69, 9.17) is 10.5 Å². The number of amides is 2. The van der Waals surface area contributed by atoms with Crippen molar-refractivity contribution in [3.05, 3.63) is 65.0 Å². The van der Waals surface area contributed by atoms with Crippen LogP contribution in [-0.4, -0.2) is 41.0 Å². The van der Waals surface area contributed by atoms with Crippen LogP contribution >= 0.6 is 0 Å². The Bertz CT molecular complexity index is 823. The Hall–Kier alpha value is -2.93. The van der Waals surface area contributed by atoms with Gasteiger partial charge in [-0.2, -0.15) is 0 Å². The van der Waals surface area contributed by atoms with Gasteiger partial charge in [0.05, 0.1) is 6.61 Å². The standard InChI is InChI=1S/C19H19FN2O4/c20-14-3-1-12(2-4-14)11-26-15-5-6-16-13(9-15)7-8-22(19(16)25)17(10-23)18(21)24/h1-6,9,17,23H,7-8,10-11H2,(H2,21,24)/t17-/m0/s1. The van der Waals surface area contributed by atoms with Gasteiger partial charge >= 0.3 is 0 Å². The van der Waals surface area contributed by atoms with E-state index in [1.807, 2.05) is 0 Å². The fourth-order valence-electron chi connectivity index (χ4n) is 2.96. The van der Waals surface area contributed by atoms with Gasteiger partial charge in [0.25, 0.3) is 5.91 Å². The van der Waals surface area contributed by atoms with Gasteiger partial charge in [0.1, 0.15) is 24.2 Å². The summed E-state index contributed by atoms with van der Waals surface area (Å²) < 4.78 is 18.6. The molecule has 2 aromatic rings. The molecular weight excluding hydrogens is 339 g/mol. The first-order valence-electron chi connectivity index (χ1n) is 8.21. The van der Waals surface area contributed by atoms with Gasteiger partial charge < -0.3 is 20.5 Å². The van der Waals surface area contributed by atoms with Gasteiger partial charge in [0.15, 0.2) is 0 Å². The molecule has 2 aromatic carbocycles. The van der Waals surface area contributed by atoms with Crippen LogP contribution in [0.1, 0.15) is 21.5 Å². The number of fused-ring (bicyclic) bond motifs is 1. The lowest BCUT2D eigenvalue weighted by atomic mass is 9.97. The Kier molecular flexibility index (Phi) is 5.18. The average Bonchev–Trinajstić information content (AvgIpc) is 2.63. The van der Waals surface area contributed by atoms with Gasteiger partial charge in [-0.15, -0.1) is 0 Å². The van der Waals surface area contributed by atoms with Gasteiger partial charge in [-0.05, 0) is 47.9 Å². The maximum Gasteiger partial charge on any atom is 0.254 e. The van der Waals surface area contributed by atoms with Crippen molar-refractivity contribution in [2.45, 2.75) is 19.1 Å². The average molecular weight is 358 g/mol. The van der Waals surface area contributed by atoms with Crippen LogP contribution in [0.5, 0.6) is 5.75 Å². The molecule has 136 valence electrons. The van der Waals surface area contributed by atoms with Gasteiger partial charge in [0.2, 0.25) is 5.91 Å². The summed E-state index contributed by atoms with van der Waals surface area (Å²) in [5.74, 6) is -0.775. The Balaban J connectivity index is 1.72. The van der Waals surface area contributed by atoms with Gasteiger partial charge in [0, 0.05) is 12.1 Å². The summed E-state index contributed by atoms with van der Waals surface area (Å²) in [7, 11) is 0. The Morgan fingerprint density at radius 3 is 2.65 bits per heavy atom. The van der Waals surface area contributed by atoms with E-state index < -0.39 is 18.6 Å². The largest absolute Gasteiger partial charge is 0.489 e. The zero-order valence-corrected chi connectivity index (χ0v) is 14.0. The van der Waals surface area contributed by atoms with Crippen molar-refractivity contribution >= 4 is 11.8 Å². The number of hydrogen-bond donors (Lipinski definition) is 2. The molecule has 1 aliphatic rings. The molecule has 0 aromatic heterocycles. The van der Waals surface area contributed by atoms with Crippen molar-refractivity contribution in [1.82, 2.24) is 4.90 Å². The maximum absolute atomic E-state index is 12.9. The van der Waals surface area contributed by atoms with Crippen molar-refractivity contribution in [3.8, 4) is 5.75 Å². The molecule has 0 fully saturated rings. The maximum atomic E-state index is 12.9. The van der Waals surface area contributed by atoms with Crippen molar-refractivity contribution in [2.75, 3.05) is 13.2 Å². The normalized spacial score (nSPS) is 14.7. The second kappa shape index (κ2) is 7.53. The number of benzene rings is 2. The Labute approximate surface area is 150 Å². The number of halogens is 1. The van der Waals surface area contributed by atoms with Crippen LogP contribution in [0.4, 0.5) is 4.39 Å². The predicted molar refractivity (Wildman–Crippen MR) is 92.0 cm³/mol. The van der Waals surface area contributed by atoms with E-state index in [0.717, 1.165) is 11.1 Å². The summed E-state index contributed by atoms with van der Waals surface area (Å²) in [5, 5.41) is 9.32. The third kappa shape index (κ3) is 3.67. The monoisotopic (exact) mass is 358 g/mol. The molecule has 0 saturated heterocycles. The van der Waals surface area contributed by atoms with Crippen molar-refractivity contribution in [1.29, 1.82) is 0 Å². The van der Waals surface area contributed by atoms with E-state index in [-0.39, 0.29) is 18.3 Å². The molecule has 1 aliphatic heterocycles. The van der Waals surface area contributed by atoms with E-state index >= 15 is 0 Å². The molecule has 0 bridgehead atoms. The SMILES string of the molecule is NC(=O)[C@H](CO)N1CCc2cc(OCc3ccc(F)cc3)ccc2C1=O. The number of rotatable bonds is 6. The van der Waals surface area contributed by atoms with E-state index in [9.17, 15) is 19.1 Å².